The molecule has 6 aliphatic heterocycles. The van der Waals surface area contributed by atoms with Gasteiger partial charge in [0.25, 0.3) is 46.6 Å². The minimum atomic E-state index is -2.59. The van der Waals surface area contributed by atoms with Gasteiger partial charge in [0.05, 0.1) is 45.0 Å². The Morgan fingerprint density at radius 3 is 1.26 bits per heavy atom. The lowest BCUT2D eigenvalue weighted by Gasteiger charge is -2.34. The Kier molecular flexibility index (Phi) is 20.7. The number of aryl methyl sites for hydroxylation is 3. The zero-order valence-electron chi connectivity index (χ0n) is 66.7. The molecular formula is C92H85F8N17O4. The summed E-state index contributed by atoms with van der Waals surface area (Å²) in [4.78, 5) is 57.9. The molecule has 0 spiro atoms. The summed E-state index contributed by atoms with van der Waals surface area (Å²) in [5.74, 6) is -10.4. The van der Waals surface area contributed by atoms with E-state index in [1.54, 1.807) is 23.1 Å². The fourth-order valence-corrected chi connectivity index (χ4v) is 16.9. The molecule has 6 aromatic heterocycles. The number of alkyl halides is 8. The Balaban J connectivity index is 0.000000115. The first-order valence-electron chi connectivity index (χ1n) is 40.0. The number of hydrogen-bond acceptors (Lipinski definition) is 13. The number of fused-ring (bicyclic) bond motifs is 8. The third-order valence-corrected chi connectivity index (χ3v) is 24.1. The molecule has 20 rings (SSSR count). The maximum atomic E-state index is 13.5. The van der Waals surface area contributed by atoms with Crippen molar-refractivity contribution in [2.45, 2.75) is 88.1 Å². The minimum absolute atomic E-state index is 0.0407. The largest absolute Gasteiger partial charge is 0.371 e. The Morgan fingerprint density at radius 2 is 0.777 bits per heavy atom. The number of carbonyl (C=O) groups excluding carboxylic acids is 2. The fraction of sp³-hybridized carbons (Fsp3) is 0.272. The maximum Gasteiger partial charge on any atom is 0.272 e. The van der Waals surface area contributed by atoms with Crippen molar-refractivity contribution in [1.82, 2.24) is 85.0 Å². The van der Waals surface area contributed by atoms with Crippen LogP contribution >= 0.6 is 0 Å². The Hall–Kier alpha value is -13.5. The molecule has 0 aliphatic carbocycles. The molecule has 0 atom stereocenters. The standard InChI is InChI=1S/C24H22F2N4O.C23H21F2N5O.C23H22F2N4O.C22H20F2N4O/c1-15(30-11-8-24(25,26)9-12-30)16-3-6-20-21(14-16)28-29(2)22(20)18-4-5-19-17(13-18)7-10-27-23(19)31;1-14(30-9-7-23(24,25)8-10-30)15-3-6-19-20(12-15)29(2)28-21(19)16-4-5-18-17(11-16)13-26-27-22(18)31;1-14(29-9-7-23(24,25)8-10-29)15-3-6-19-20(12-15)28(2)27-21(19)16-4-5-18-17(11-16)13-26-22(18)30;1-13(28-8-6-22(23,24)7-9-28)14-2-5-18-19(11-14)26-27-20(18)15-3-4-17-16(10-15)12-25-21(17)29/h3-7,10,13-14H,1,8-9,11-12H2,2H3,(H,27,31);3-6,11-13H,1,7-10H2,2H3,(H,27,31);3-6,11-12H,1,7-10,13H2,2H3,(H,26,30);2-5,10-11H,1,6-9,12H2,(H,25,29)(H,26,27). The minimum Gasteiger partial charge on any atom is -0.371 e. The second-order valence-corrected chi connectivity index (χ2v) is 31.8. The zero-order chi connectivity index (χ0) is 84.7. The number of benzene rings is 8. The van der Waals surface area contributed by atoms with E-state index in [1.807, 2.05) is 196 Å². The highest BCUT2D eigenvalue weighted by molar-refractivity contribution is 6.03. The first-order chi connectivity index (χ1) is 57.9. The monoisotopic (exact) mass is 1640 g/mol. The molecule has 0 saturated carbocycles. The molecule has 121 heavy (non-hydrogen) atoms. The van der Waals surface area contributed by atoms with Gasteiger partial charge in [-0.2, -0.15) is 25.5 Å². The van der Waals surface area contributed by atoms with Gasteiger partial charge in [0, 0.05) is 233 Å². The van der Waals surface area contributed by atoms with Crippen molar-refractivity contribution >= 4 is 99.8 Å². The van der Waals surface area contributed by atoms with Crippen LogP contribution < -0.4 is 21.8 Å². The van der Waals surface area contributed by atoms with Gasteiger partial charge in [0.2, 0.25) is 0 Å². The number of pyridine rings is 1. The molecule has 29 heteroatoms. The highest BCUT2D eigenvalue weighted by atomic mass is 19.3. The Bertz CT molecular complexity index is 6660. The molecule has 0 bridgehead atoms. The second kappa shape index (κ2) is 31.4. The van der Waals surface area contributed by atoms with Crippen molar-refractivity contribution in [3.8, 4) is 45.0 Å². The number of halogens is 8. The molecule has 618 valence electrons. The molecule has 4 saturated heterocycles. The molecule has 14 aromatic rings. The van der Waals surface area contributed by atoms with Crippen LogP contribution in [0.4, 0.5) is 35.1 Å². The maximum absolute atomic E-state index is 13.5. The highest BCUT2D eigenvalue weighted by Gasteiger charge is 2.39. The average Bonchev–Trinajstić information content (AvgIpc) is 1.85. The summed E-state index contributed by atoms with van der Waals surface area (Å²) in [5.41, 5.74) is 20.3. The van der Waals surface area contributed by atoms with E-state index >= 15 is 0 Å². The van der Waals surface area contributed by atoms with Gasteiger partial charge < -0.3 is 35.2 Å². The van der Waals surface area contributed by atoms with E-state index in [0.717, 1.165) is 156 Å². The van der Waals surface area contributed by atoms with Gasteiger partial charge in [-0.05, 0) is 142 Å². The topological polar surface area (TPSA) is 232 Å². The van der Waals surface area contributed by atoms with E-state index in [1.165, 1.54) is 0 Å². The van der Waals surface area contributed by atoms with Gasteiger partial charge in [-0.3, -0.25) is 38.3 Å². The van der Waals surface area contributed by atoms with Crippen molar-refractivity contribution in [1.29, 1.82) is 0 Å². The van der Waals surface area contributed by atoms with Crippen LogP contribution in [0.2, 0.25) is 0 Å². The predicted octanol–water partition coefficient (Wildman–Crippen LogP) is 17.3. The van der Waals surface area contributed by atoms with E-state index in [-0.39, 0.29) is 74.3 Å². The summed E-state index contributed by atoms with van der Waals surface area (Å²) in [6, 6.07) is 48.4. The molecular weight excluding hydrogens is 1560 g/mol. The summed E-state index contributed by atoms with van der Waals surface area (Å²) in [6.45, 7) is 20.1. The lowest BCUT2D eigenvalue weighted by Crippen LogP contribution is -2.38. The third-order valence-electron chi connectivity index (χ3n) is 24.1. The quantitative estimate of drug-likeness (QED) is 0.0718. The van der Waals surface area contributed by atoms with E-state index in [0.29, 0.717) is 87.3 Å². The van der Waals surface area contributed by atoms with Gasteiger partial charge >= 0.3 is 0 Å². The van der Waals surface area contributed by atoms with Gasteiger partial charge in [-0.15, -0.1) is 0 Å². The van der Waals surface area contributed by atoms with Crippen LogP contribution in [0.15, 0.2) is 200 Å². The van der Waals surface area contributed by atoms with Crippen molar-refractivity contribution in [2.75, 3.05) is 52.4 Å². The van der Waals surface area contributed by atoms with Crippen LogP contribution in [-0.2, 0) is 34.2 Å². The smallest absolute Gasteiger partial charge is 0.272 e. The Morgan fingerprint density at radius 1 is 0.380 bits per heavy atom. The molecule has 4 fully saturated rings. The molecule has 12 heterocycles. The van der Waals surface area contributed by atoms with E-state index < -0.39 is 23.7 Å². The number of carbonyl (C=O) groups is 2. The van der Waals surface area contributed by atoms with Crippen LogP contribution in [0.3, 0.4) is 0 Å². The van der Waals surface area contributed by atoms with E-state index in [4.69, 9.17) is 5.10 Å². The van der Waals surface area contributed by atoms with Crippen molar-refractivity contribution in [2.24, 2.45) is 21.1 Å². The number of nitrogens with one attached hydrogen (secondary N) is 5. The number of rotatable bonds is 12. The molecule has 0 radical (unpaired) electrons. The molecule has 5 N–H and O–H groups in total. The number of hydrogen-bond donors (Lipinski definition) is 5. The number of likely N-dealkylation sites (tertiary alicyclic amines) is 4. The predicted molar refractivity (Wildman–Crippen MR) is 456 cm³/mol. The van der Waals surface area contributed by atoms with Crippen molar-refractivity contribution in [3.05, 3.63) is 256 Å². The van der Waals surface area contributed by atoms with Crippen LogP contribution in [0, 0.1) is 0 Å². The summed E-state index contributed by atoms with van der Waals surface area (Å²) in [5, 5.41) is 40.3. The lowest BCUT2D eigenvalue weighted by atomic mass is 10.0. The number of piperidine rings is 4. The fourth-order valence-electron chi connectivity index (χ4n) is 16.9. The summed E-state index contributed by atoms with van der Waals surface area (Å²) in [7, 11) is 5.64. The van der Waals surface area contributed by atoms with Crippen LogP contribution in [0.25, 0.3) is 133 Å². The number of aromatic amines is 3. The molecule has 0 unspecified atom stereocenters. The lowest BCUT2D eigenvalue weighted by molar-refractivity contribution is -0.0456. The van der Waals surface area contributed by atoms with Crippen molar-refractivity contribution in [3.63, 3.8) is 0 Å². The zero-order valence-corrected chi connectivity index (χ0v) is 66.7. The number of amides is 2. The molecule has 21 nitrogen and oxygen atoms in total. The number of nitrogens with zero attached hydrogens (tertiary/aromatic N) is 12. The first kappa shape index (κ1) is 80.0. The normalized spacial score (nSPS) is 17.0. The summed E-state index contributed by atoms with van der Waals surface area (Å²) >= 11 is 0. The number of aromatic nitrogens is 11. The van der Waals surface area contributed by atoms with Gasteiger partial charge in [0.15, 0.2) is 0 Å². The van der Waals surface area contributed by atoms with Gasteiger partial charge in [-0.1, -0.05) is 74.8 Å². The highest BCUT2D eigenvalue weighted by Crippen LogP contribution is 2.42. The average molecular weight is 1640 g/mol. The first-order valence-corrected chi connectivity index (χ1v) is 40.0. The summed E-state index contributed by atoms with van der Waals surface area (Å²) < 4.78 is 113. The van der Waals surface area contributed by atoms with Gasteiger partial charge in [0.1, 0.15) is 11.4 Å². The summed E-state index contributed by atoms with van der Waals surface area (Å²) in [6.07, 6.45) is 2.11. The van der Waals surface area contributed by atoms with Crippen LogP contribution in [0.1, 0.15) is 105 Å². The van der Waals surface area contributed by atoms with Crippen molar-refractivity contribution < 1.29 is 44.7 Å². The number of H-pyrrole nitrogens is 3. The third kappa shape index (κ3) is 16.0. The second-order valence-electron chi connectivity index (χ2n) is 31.8. The molecule has 2 amide bonds. The van der Waals surface area contributed by atoms with Gasteiger partial charge in [-0.25, -0.2) is 40.2 Å². The Labute approximate surface area is 688 Å². The van der Waals surface area contributed by atoms with Crippen LogP contribution in [-0.4, -0.2) is 162 Å². The van der Waals surface area contributed by atoms with E-state index in [2.05, 4.69) is 72.5 Å². The molecule has 6 aliphatic rings. The SMILES string of the molecule is C=C(c1ccc2c(-c3ccc4c(=O)[nH]ccc4c3)n(C)nc2c1)N1CCC(F)(F)CC1.C=C(c1ccc2c(-c3ccc4c(=O)[nH]ncc4c3)nn(C)c2c1)N1CCC(F)(F)CC1.C=C(c1ccc2c(-c3ccc4c(c3)CNC4=O)n[nH]c2c1)N1CCC(F)(F)CC1.C=C(c1ccc2c(-c3ccc4c(c3)CNC4=O)nn(C)c2c1)N1CCC(F)(F)CC1. The van der Waals surface area contributed by atoms with Crippen LogP contribution in [0.5, 0.6) is 0 Å². The van der Waals surface area contributed by atoms with E-state index in [9.17, 15) is 54.3 Å². The molecule has 8 aromatic carbocycles.